The van der Waals surface area contributed by atoms with E-state index in [-0.39, 0.29) is 5.56 Å². The lowest BCUT2D eigenvalue weighted by Gasteiger charge is -2.22. The van der Waals surface area contributed by atoms with Crippen LogP contribution in [-0.4, -0.2) is 26.0 Å². The van der Waals surface area contributed by atoms with Crippen LogP contribution in [-0.2, 0) is 6.54 Å². The van der Waals surface area contributed by atoms with Gasteiger partial charge in [-0.25, -0.2) is 4.98 Å². The summed E-state index contributed by atoms with van der Waals surface area (Å²) in [6.45, 7) is 3.68. The highest BCUT2D eigenvalue weighted by Gasteiger charge is 2.27. The molecule has 0 saturated carbocycles. The van der Waals surface area contributed by atoms with Crippen molar-refractivity contribution in [3.05, 3.63) is 49.5 Å². The molecule has 0 spiro atoms. The van der Waals surface area contributed by atoms with Gasteiger partial charge >= 0.3 is 0 Å². The maximum Gasteiger partial charge on any atom is 0.275 e. The first-order chi connectivity index (χ1) is 10.7. The average molecular weight is 332 g/mol. The van der Waals surface area contributed by atoms with E-state index < -0.39 is 0 Å². The van der Waals surface area contributed by atoms with E-state index in [1.54, 1.807) is 6.07 Å². The molecule has 1 aliphatic heterocycles. The summed E-state index contributed by atoms with van der Waals surface area (Å²) in [6, 6.07) is 6.39. The van der Waals surface area contributed by atoms with E-state index in [9.17, 15) is 4.79 Å². The van der Waals surface area contributed by atoms with Crippen LogP contribution in [0.1, 0.15) is 34.5 Å². The monoisotopic (exact) mass is 332 g/mol. The number of aromatic nitrogens is 3. The summed E-state index contributed by atoms with van der Waals surface area (Å²) in [5.74, 6) is 0. The minimum Gasteiger partial charge on any atom is -0.290 e. The van der Waals surface area contributed by atoms with Gasteiger partial charge in [0.2, 0.25) is 4.96 Å². The molecule has 5 nitrogen and oxygen atoms in total. The van der Waals surface area contributed by atoms with Gasteiger partial charge in [0.1, 0.15) is 5.01 Å². The third kappa shape index (κ3) is 2.49. The molecule has 114 valence electrons. The van der Waals surface area contributed by atoms with Gasteiger partial charge in [-0.1, -0.05) is 17.4 Å². The van der Waals surface area contributed by atoms with Gasteiger partial charge in [-0.3, -0.25) is 9.69 Å². The Morgan fingerprint density at radius 2 is 2.36 bits per heavy atom. The largest absolute Gasteiger partial charge is 0.290 e. The second kappa shape index (κ2) is 5.57. The maximum absolute atomic E-state index is 12.1. The molecule has 7 heteroatoms. The molecule has 1 aliphatic rings. The molecule has 4 heterocycles. The predicted molar refractivity (Wildman–Crippen MR) is 88.6 cm³/mol. The van der Waals surface area contributed by atoms with Crippen LogP contribution in [0.2, 0.25) is 0 Å². The van der Waals surface area contributed by atoms with Crippen molar-refractivity contribution < 1.29 is 0 Å². The molecule has 0 aliphatic carbocycles. The lowest BCUT2D eigenvalue weighted by Crippen LogP contribution is -2.24. The summed E-state index contributed by atoms with van der Waals surface area (Å²) < 4.78 is 1.39. The van der Waals surface area contributed by atoms with E-state index in [1.807, 2.05) is 18.3 Å². The highest BCUT2D eigenvalue weighted by atomic mass is 32.1. The topological polar surface area (TPSA) is 50.5 Å². The normalized spacial score (nSPS) is 19.2. The SMILES string of the molecule is Cc1nn2c(=O)cc(CN3CCC[C@@H]3c3cccs3)nc2s1. The van der Waals surface area contributed by atoms with Crippen molar-refractivity contribution in [3.63, 3.8) is 0 Å². The van der Waals surface area contributed by atoms with Crippen LogP contribution in [0.3, 0.4) is 0 Å². The van der Waals surface area contributed by atoms with Crippen molar-refractivity contribution in [3.8, 4) is 0 Å². The minimum atomic E-state index is -0.0868. The fourth-order valence-corrected chi connectivity index (χ4v) is 4.72. The van der Waals surface area contributed by atoms with Gasteiger partial charge in [-0.15, -0.1) is 11.3 Å². The fraction of sp³-hybridized carbons (Fsp3) is 0.400. The number of likely N-dealkylation sites (tertiary alicyclic amines) is 1. The zero-order chi connectivity index (χ0) is 15.1. The molecule has 3 aromatic heterocycles. The van der Waals surface area contributed by atoms with E-state index in [0.29, 0.717) is 11.0 Å². The van der Waals surface area contributed by atoms with E-state index in [1.165, 1.54) is 33.6 Å². The number of hydrogen-bond donors (Lipinski definition) is 0. The first-order valence-electron chi connectivity index (χ1n) is 7.34. The number of thiophene rings is 1. The zero-order valence-corrected chi connectivity index (χ0v) is 13.9. The van der Waals surface area contributed by atoms with Crippen LogP contribution in [0.4, 0.5) is 0 Å². The van der Waals surface area contributed by atoms with Crippen LogP contribution in [0.15, 0.2) is 28.4 Å². The molecular weight excluding hydrogens is 316 g/mol. The van der Waals surface area contributed by atoms with E-state index in [4.69, 9.17) is 0 Å². The fourth-order valence-electron chi connectivity index (χ4n) is 3.06. The average Bonchev–Trinajstić information content (AvgIpc) is 3.17. The molecular formula is C15H16N4OS2. The van der Waals surface area contributed by atoms with Gasteiger partial charge in [0.15, 0.2) is 0 Å². The Morgan fingerprint density at radius 1 is 1.45 bits per heavy atom. The van der Waals surface area contributed by atoms with Crippen molar-refractivity contribution in [2.75, 3.05) is 6.54 Å². The number of fused-ring (bicyclic) bond motifs is 1. The Balaban J connectivity index is 1.64. The molecule has 0 bridgehead atoms. The smallest absolute Gasteiger partial charge is 0.275 e. The Labute approximate surface area is 135 Å². The second-order valence-electron chi connectivity index (χ2n) is 5.55. The molecule has 0 aromatic carbocycles. The molecule has 0 N–H and O–H groups in total. The van der Waals surface area contributed by atoms with Crippen molar-refractivity contribution >= 4 is 27.6 Å². The molecule has 1 atom stereocenters. The van der Waals surface area contributed by atoms with Crippen molar-refractivity contribution in [2.24, 2.45) is 0 Å². The first-order valence-corrected chi connectivity index (χ1v) is 9.04. The summed E-state index contributed by atoms with van der Waals surface area (Å²) in [7, 11) is 0. The van der Waals surface area contributed by atoms with Crippen molar-refractivity contribution in [1.82, 2.24) is 19.5 Å². The van der Waals surface area contributed by atoms with Gasteiger partial charge in [0.05, 0.1) is 5.69 Å². The summed E-state index contributed by atoms with van der Waals surface area (Å²) in [4.78, 5) is 21.3. The Bertz CT molecular complexity index is 852. The van der Waals surface area contributed by atoms with E-state index in [2.05, 4.69) is 32.5 Å². The summed E-state index contributed by atoms with van der Waals surface area (Å²) in [5, 5.41) is 7.18. The highest BCUT2D eigenvalue weighted by Crippen LogP contribution is 2.35. The van der Waals surface area contributed by atoms with Crippen LogP contribution in [0, 0.1) is 6.92 Å². The van der Waals surface area contributed by atoms with Gasteiger partial charge < -0.3 is 0 Å². The number of hydrogen-bond acceptors (Lipinski definition) is 6. The van der Waals surface area contributed by atoms with Crippen molar-refractivity contribution in [2.45, 2.75) is 32.4 Å². The van der Waals surface area contributed by atoms with Gasteiger partial charge in [-0.05, 0) is 37.8 Å². The maximum atomic E-state index is 12.1. The Hall–Kier alpha value is -1.57. The number of rotatable bonds is 3. The lowest BCUT2D eigenvalue weighted by molar-refractivity contribution is 0.248. The molecule has 0 radical (unpaired) electrons. The van der Waals surface area contributed by atoms with E-state index in [0.717, 1.165) is 23.8 Å². The lowest BCUT2D eigenvalue weighted by atomic mass is 10.2. The van der Waals surface area contributed by atoms with E-state index >= 15 is 0 Å². The minimum absolute atomic E-state index is 0.0868. The third-order valence-electron chi connectivity index (χ3n) is 4.00. The Kier molecular flexibility index (Phi) is 3.56. The molecule has 4 rings (SSSR count). The van der Waals surface area contributed by atoms with Gasteiger partial charge in [-0.2, -0.15) is 9.61 Å². The highest BCUT2D eigenvalue weighted by molar-refractivity contribution is 7.16. The summed E-state index contributed by atoms with van der Waals surface area (Å²) >= 11 is 3.27. The molecule has 22 heavy (non-hydrogen) atoms. The van der Waals surface area contributed by atoms with Crippen LogP contribution < -0.4 is 5.56 Å². The molecule has 1 saturated heterocycles. The quantitative estimate of drug-likeness (QED) is 0.740. The zero-order valence-electron chi connectivity index (χ0n) is 12.2. The summed E-state index contributed by atoms with van der Waals surface area (Å²) in [6.07, 6.45) is 2.38. The Morgan fingerprint density at radius 3 is 3.18 bits per heavy atom. The van der Waals surface area contributed by atoms with Crippen LogP contribution in [0.25, 0.3) is 4.96 Å². The predicted octanol–water partition coefficient (Wildman–Crippen LogP) is 2.86. The molecule has 1 fully saturated rings. The number of nitrogens with zero attached hydrogens (tertiary/aromatic N) is 4. The molecule has 0 amide bonds. The standard InChI is InChI=1S/C15H16N4OS2/c1-10-17-19-14(20)8-11(16-15(19)22-10)9-18-6-2-4-12(18)13-5-3-7-21-13/h3,5,7-8,12H,2,4,6,9H2,1H3/t12-/m1/s1. The van der Waals surface area contributed by atoms with Crippen LogP contribution in [0.5, 0.6) is 0 Å². The van der Waals surface area contributed by atoms with Crippen LogP contribution >= 0.6 is 22.7 Å². The third-order valence-corrected chi connectivity index (χ3v) is 5.80. The second-order valence-corrected chi connectivity index (χ2v) is 7.68. The van der Waals surface area contributed by atoms with Gasteiger partial charge in [0.25, 0.3) is 5.56 Å². The first kappa shape index (κ1) is 14.0. The number of aryl methyl sites for hydroxylation is 1. The van der Waals surface area contributed by atoms with Crippen molar-refractivity contribution in [1.29, 1.82) is 0 Å². The molecule has 0 unspecified atom stereocenters. The van der Waals surface area contributed by atoms with Gasteiger partial charge in [0, 0.05) is 23.5 Å². The summed E-state index contributed by atoms with van der Waals surface area (Å²) in [5.41, 5.74) is 0.758. The molecule has 3 aromatic rings.